The maximum atomic E-state index is 14.3. The van der Waals surface area contributed by atoms with Gasteiger partial charge in [0.05, 0.1) is 22.9 Å². The molecule has 1 amide bonds. The number of hydrogen-bond donors (Lipinski definition) is 1. The molecule has 1 saturated heterocycles. The Morgan fingerprint density at radius 1 is 1.07 bits per heavy atom. The smallest absolute Gasteiger partial charge is 0.348 e. The van der Waals surface area contributed by atoms with Crippen LogP contribution in [0.15, 0.2) is 24.5 Å². The molecule has 8 nitrogen and oxygen atoms in total. The fraction of sp³-hybridized carbons (Fsp3) is 0.649. The molecule has 0 radical (unpaired) electrons. The van der Waals surface area contributed by atoms with Crippen LogP contribution in [0.2, 0.25) is 0 Å². The number of likely N-dealkylation sites (N-methyl/N-ethyl adjacent to an activating group) is 1. The molecule has 2 aliphatic carbocycles. The number of likely N-dealkylation sites (tertiary alicyclic amines) is 1. The second-order valence-electron chi connectivity index (χ2n) is 15.0. The Labute approximate surface area is 279 Å². The molecule has 1 atom stereocenters. The van der Waals surface area contributed by atoms with Crippen LogP contribution in [0.4, 0.5) is 5.69 Å². The molecule has 0 aromatic carbocycles. The van der Waals surface area contributed by atoms with Crippen molar-refractivity contribution in [3.63, 3.8) is 0 Å². The van der Waals surface area contributed by atoms with Gasteiger partial charge in [-0.05, 0) is 111 Å². The molecule has 2 saturated carbocycles. The molecule has 1 aliphatic heterocycles. The third-order valence-electron chi connectivity index (χ3n) is 9.87. The summed E-state index contributed by atoms with van der Waals surface area (Å²) >= 11 is 1.18. The Hall–Kier alpha value is -2.93. The summed E-state index contributed by atoms with van der Waals surface area (Å²) in [6.07, 6.45) is 11.7. The van der Waals surface area contributed by atoms with E-state index in [2.05, 4.69) is 53.7 Å². The summed E-state index contributed by atoms with van der Waals surface area (Å²) in [5.74, 6) is 6.88. The van der Waals surface area contributed by atoms with Gasteiger partial charge in [0.2, 0.25) is 5.91 Å². The Balaban J connectivity index is 1.33. The van der Waals surface area contributed by atoms with Crippen molar-refractivity contribution < 1.29 is 19.4 Å². The molecule has 2 aromatic heterocycles. The molecule has 3 aliphatic rings. The summed E-state index contributed by atoms with van der Waals surface area (Å²) in [7, 11) is 4.30. The van der Waals surface area contributed by atoms with Crippen LogP contribution in [0.25, 0.3) is 0 Å². The van der Waals surface area contributed by atoms with Crippen LogP contribution < -0.4 is 9.64 Å². The average Bonchev–Trinajstić information content (AvgIpc) is 3.66. The Morgan fingerprint density at radius 3 is 2.41 bits per heavy atom. The van der Waals surface area contributed by atoms with Gasteiger partial charge in [-0.2, -0.15) is 0 Å². The number of carbonyl (C=O) groups is 2. The number of ether oxygens (including phenoxy) is 1. The SMILES string of the molecule is CN(C)C1CCN(Cc2ccncc2O[C@H]2CC[C@H](N(c3cc(C#CC(C)(C)C)sc3C(=O)O)C(=O)[C@H]3CC[C@H](C)CC3)CC2)C1. The van der Waals surface area contributed by atoms with Gasteiger partial charge < -0.3 is 19.6 Å². The largest absolute Gasteiger partial charge is 0.488 e. The van der Waals surface area contributed by atoms with E-state index in [0.717, 1.165) is 82.3 Å². The third-order valence-corrected chi connectivity index (χ3v) is 10.9. The molecule has 1 unspecified atom stereocenters. The van der Waals surface area contributed by atoms with Crippen molar-refractivity contribution in [2.45, 2.75) is 110 Å². The fourth-order valence-corrected chi connectivity index (χ4v) is 7.93. The molecule has 0 spiro atoms. The standard InChI is InChI=1S/C37H52N4O4S/c1-25-7-9-26(10-8-25)35(42)41(32-21-31(15-18-37(2,3)4)46-34(32)36(43)44)28-11-13-30(14-12-28)45-33-22-38-19-16-27(33)23-40-20-17-29(24-40)39(5)6/h16,19,21-22,25-26,28-30H,7-14,17,20,23-24H2,1-6H3,(H,43,44)/t25-,26-,28-,29?,30-. The first-order chi connectivity index (χ1) is 21.9. The van der Waals surface area contributed by atoms with Crippen molar-refractivity contribution in [3.8, 4) is 17.6 Å². The maximum Gasteiger partial charge on any atom is 0.348 e. The highest BCUT2D eigenvalue weighted by molar-refractivity contribution is 7.15. The number of aromatic nitrogens is 1. The monoisotopic (exact) mass is 648 g/mol. The van der Waals surface area contributed by atoms with Gasteiger partial charge in [-0.25, -0.2) is 4.79 Å². The summed E-state index contributed by atoms with van der Waals surface area (Å²) in [5, 5.41) is 10.2. The van der Waals surface area contributed by atoms with Crippen LogP contribution in [0, 0.1) is 29.1 Å². The second-order valence-corrected chi connectivity index (χ2v) is 16.0. The molecule has 5 rings (SSSR count). The van der Waals surface area contributed by atoms with Gasteiger partial charge in [-0.15, -0.1) is 11.3 Å². The number of nitrogens with zero attached hydrogens (tertiary/aromatic N) is 4. The van der Waals surface area contributed by atoms with E-state index in [0.29, 0.717) is 22.5 Å². The molecule has 46 heavy (non-hydrogen) atoms. The molecular weight excluding hydrogens is 596 g/mol. The normalized spacial score (nSPS) is 25.6. The van der Waals surface area contributed by atoms with Crippen molar-refractivity contribution in [2.75, 3.05) is 32.1 Å². The lowest BCUT2D eigenvalue weighted by atomic mass is 9.81. The highest BCUT2D eigenvalue weighted by atomic mass is 32.1. The Kier molecular flexibility index (Phi) is 11.1. The minimum absolute atomic E-state index is 0.0226. The minimum Gasteiger partial charge on any atom is -0.488 e. The van der Waals surface area contributed by atoms with Crippen molar-refractivity contribution in [1.29, 1.82) is 0 Å². The van der Waals surface area contributed by atoms with Gasteiger partial charge >= 0.3 is 5.97 Å². The number of carbonyl (C=O) groups excluding carboxylic acids is 1. The zero-order valence-electron chi connectivity index (χ0n) is 28.6. The third kappa shape index (κ3) is 8.70. The first kappa shape index (κ1) is 34.4. The van der Waals surface area contributed by atoms with E-state index in [1.165, 1.54) is 17.8 Å². The van der Waals surface area contributed by atoms with Crippen molar-refractivity contribution >= 4 is 28.9 Å². The highest BCUT2D eigenvalue weighted by Gasteiger charge is 2.38. The first-order valence-electron chi connectivity index (χ1n) is 17.1. The zero-order valence-corrected chi connectivity index (χ0v) is 29.4. The molecular formula is C37H52N4O4S. The molecule has 1 N–H and O–H groups in total. The van der Waals surface area contributed by atoms with E-state index in [4.69, 9.17) is 4.74 Å². The number of aromatic carboxylic acids is 1. The molecule has 3 fully saturated rings. The van der Waals surface area contributed by atoms with Gasteiger partial charge in [0.1, 0.15) is 10.6 Å². The number of pyridine rings is 1. The maximum absolute atomic E-state index is 14.3. The van der Waals surface area contributed by atoms with Gasteiger partial charge in [0.15, 0.2) is 0 Å². The Bertz CT molecular complexity index is 1420. The van der Waals surface area contributed by atoms with Gasteiger partial charge in [-0.3, -0.25) is 14.7 Å². The average molecular weight is 649 g/mol. The zero-order chi connectivity index (χ0) is 33.0. The molecule has 3 heterocycles. The van der Waals surface area contributed by atoms with Crippen molar-refractivity contribution in [3.05, 3.63) is 39.8 Å². The van der Waals surface area contributed by atoms with E-state index in [-0.39, 0.29) is 34.3 Å². The van der Waals surface area contributed by atoms with Crippen LogP contribution in [-0.2, 0) is 11.3 Å². The summed E-state index contributed by atoms with van der Waals surface area (Å²) < 4.78 is 6.61. The summed E-state index contributed by atoms with van der Waals surface area (Å²) in [6.45, 7) is 11.3. The predicted molar refractivity (Wildman–Crippen MR) is 184 cm³/mol. The van der Waals surface area contributed by atoms with Crippen LogP contribution in [-0.4, -0.2) is 77.1 Å². The van der Waals surface area contributed by atoms with Crippen molar-refractivity contribution in [2.24, 2.45) is 17.3 Å². The fourth-order valence-electron chi connectivity index (χ4n) is 7.09. The summed E-state index contributed by atoms with van der Waals surface area (Å²) in [5.41, 5.74) is 1.46. The van der Waals surface area contributed by atoms with Crippen LogP contribution in [0.5, 0.6) is 5.75 Å². The number of carboxylic acid groups (broad SMARTS) is 1. The van der Waals surface area contributed by atoms with Gasteiger partial charge in [0, 0.05) is 54.8 Å². The topological polar surface area (TPSA) is 86.2 Å². The van der Waals surface area contributed by atoms with E-state index in [9.17, 15) is 14.7 Å². The molecule has 2 aromatic rings. The lowest BCUT2D eigenvalue weighted by Gasteiger charge is -2.39. The number of amides is 1. The minimum atomic E-state index is -1.00. The number of carboxylic acids is 1. The number of hydrogen-bond acceptors (Lipinski definition) is 7. The number of thiophene rings is 1. The van der Waals surface area contributed by atoms with E-state index < -0.39 is 5.97 Å². The van der Waals surface area contributed by atoms with Crippen LogP contribution >= 0.6 is 11.3 Å². The molecule has 9 heteroatoms. The van der Waals surface area contributed by atoms with Gasteiger partial charge in [-0.1, -0.05) is 18.8 Å². The van der Waals surface area contributed by atoms with Crippen LogP contribution in [0.1, 0.15) is 106 Å². The number of anilines is 1. The second kappa shape index (κ2) is 14.9. The van der Waals surface area contributed by atoms with E-state index >= 15 is 0 Å². The molecule has 0 bridgehead atoms. The van der Waals surface area contributed by atoms with E-state index in [1.807, 2.05) is 44.1 Å². The summed E-state index contributed by atoms with van der Waals surface area (Å²) in [6, 6.07) is 4.42. The number of rotatable bonds is 9. The lowest BCUT2D eigenvalue weighted by molar-refractivity contribution is -0.124. The van der Waals surface area contributed by atoms with Crippen molar-refractivity contribution in [1.82, 2.24) is 14.8 Å². The highest BCUT2D eigenvalue weighted by Crippen LogP contribution is 2.39. The predicted octanol–water partition coefficient (Wildman–Crippen LogP) is 6.92. The Morgan fingerprint density at radius 2 is 1.78 bits per heavy atom. The molecule has 250 valence electrons. The van der Waals surface area contributed by atoms with Gasteiger partial charge in [0.25, 0.3) is 0 Å². The first-order valence-corrected chi connectivity index (χ1v) is 17.9. The van der Waals surface area contributed by atoms with Crippen LogP contribution in [0.3, 0.4) is 0 Å². The van der Waals surface area contributed by atoms with E-state index in [1.54, 1.807) is 0 Å². The lowest BCUT2D eigenvalue weighted by Crippen LogP contribution is -2.47. The summed E-state index contributed by atoms with van der Waals surface area (Å²) in [4.78, 5) is 38.8. The quantitative estimate of drug-likeness (QED) is 0.295.